The lowest BCUT2D eigenvalue weighted by atomic mass is 9.94. The molecule has 0 saturated carbocycles. The lowest BCUT2D eigenvalue weighted by Gasteiger charge is -2.33. The van der Waals surface area contributed by atoms with Crippen molar-refractivity contribution in [3.05, 3.63) is 16.0 Å². The fourth-order valence-electron chi connectivity index (χ4n) is 4.55. The molecule has 1 aromatic heterocycles. The standard InChI is InChI=1S/C23H41N3S2/c1-3-4-5-6-7-8-9-10-11-14-17-24-21-20-18-15-12-13-16-19(18)28-22(20)26-23(25-21)27-2/h21,23-26H,3-17H2,1-2H3. The van der Waals surface area contributed by atoms with Gasteiger partial charge in [0.25, 0.3) is 0 Å². The Kier molecular flexibility index (Phi) is 9.99. The Balaban J connectivity index is 1.37. The third kappa shape index (κ3) is 6.38. The molecule has 160 valence electrons. The third-order valence-electron chi connectivity index (χ3n) is 6.20. The van der Waals surface area contributed by atoms with Crippen LogP contribution in [0.2, 0.25) is 0 Å². The summed E-state index contributed by atoms with van der Waals surface area (Å²) in [7, 11) is 0. The number of fused-ring (bicyclic) bond motifs is 3. The van der Waals surface area contributed by atoms with E-state index in [1.54, 1.807) is 10.4 Å². The highest BCUT2D eigenvalue weighted by Gasteiger charge is 2.31. The van der Waals surface area contributed by atoms with E-state index in [9.17, 15) is 0 Å². The summed E-state index contributed by atoms with van der Waals surface area (Å²) in [6, 6.07) is 0. The van der Waals surface area contributed by atoms with E-state index in [0.29, 0.717) is 11.7 Å². The monoisotopic (exact) mass is 423 g/mol. The van der Waals surface area contributed by atoms with E-state index < -0.39 is 0 Å². The molecule has 0 spiro atoms. The molecule has 3 rings (SSSR count). The molecule has 0 fully saturated rings. The maximum Gasteiger partial charge on any atom is 0.127 e. The normalized spacial score (nSPS) is 21.2. The summed E-state index contributed by atoms with van der Waals surface area (Å²) in [5, 5.41) is 12.8. The Morgan fingerprint density at radius 1 is 0.964 bits per heavy atom. The summed E-state index contributed by atoms with van der Waals surface area (Å²) in [5.41, 5.74) is 3.50. The van der Waals surface area contributed by atoms with E-state index in [1.807, 2.05) is 23.1 Å². The molecule has 0 amide bonds. The van der Waals surface area contributed by atoms with Crippen molar-refractivity contribution in [2.45, 2.75) is 108 Å². The van der Waals surface area contributed by atoms with Crippen LogP contribution < -0.4 is 16.0 Å². The first kappa shape index (κ1) is 22.5. The molecule has 0 aromatic carbocycles. The maximum absolute atomic E-state index is 3.85. The van der Waals surface area contributed by atoms with Crippen molar-refractivity contribution in [2.75, 3.05) is 18.1 Å². The second kappa shape index (κ2) is 12.5. The molecular weight excluding hydrogens is 382 g/mol. The Morgan fingerprint density at radius 3 is 2.36 bits per heavy atom. The SMILES string of the molecule is CCCCCCCCCCCCNC1NC(SC)Nc2sc3c(c21)CCCC3. The molecule has 2 atom stereocenters. The minimum Gasteiger partial charge on any atom is -0.353 e. The van der Waals surface area contributed by atoms with Crippen LogP contribution in [0.25, 0.3) is 0 Å². The van der Waals surface area contributed by atoms with Crippen LogP contribution in [-0.4, -0.2) is 18.3 Å². The quantitative estimate of drug-likeness (QED) is 0.305. The van der Waals surface area contributed by atoms with E-state index in [2.05, 4.69) is 29.1 Å². The molecule has 28 heavy (non-hydrogen) atoms. The Hall–Kier alpha value is -0.230. The van der Waals surface area contributed by atoms with Gasteiger partial charge in [0, 0.05) is 10.4 Å². The fraction of sp³-hybridized carbons (Fsp3) is 0.826. The number of unbranched alkanes of at least 4 members (excludes halogenated alkanes) is 9. The summed E-state index contributed by atoms with van der Waals surface area (Å²) in [5.74, 6) is 0. The van der Waals surface area contributed by atoms with Gasteiger partial charge in [-0.25, -0.2) is 0 Å². The first-order valence-electron chi connectivity index (χ1n) is 11.8. The van der Waals surface area contributed by atoms with Crippen LogP contribution in [0, 0.1) is 0 Å². The largest absolute Gasteiger partial charge is 0.353 e. The van der Waals surface area contributed by atoms with Gasteiger partial charge in [-0.05, 0) is 50.5 Å². The highest BCUT2D eigenvalue weighted by molar-refractivity contribution is 7.99. The second-order valence-corrected chi connectivity index (χ2v) is 10.5. The van der Waals surface area contributed by atoms with Crippen LogP contribution in [0.1, 0.15) is 106 Å². The number of aryl methyl sites for hydroxylation is 1. The summed E-state index contributed by atoms with van der Waals surface area (Å²) in [6.07, 6.45) is 21.8. The molecule has 0 saturated heterocycles. The highest BCUT2D eigenvalue weighted by atomic mass is 32.2. The average Bonchev–Trinajstić information content (AvgIpc) is 3.10. The molecule has 0 radical (unpaired) electrons. The minimum atomic E-state index is 0.317. The van der Waals surface area contributed by atoms with Gasteiger partial charge in [-0.2, -0.15) is 0 Å². The number of nitrogens with one attached hydrogen (secondary N) is 3. The molecule has 3 N–H and O–H groups in total. The molecule has 1 aliphatic heterocycles. The van der Waals surface area contributed by atoms with Gasteiger partial charge in [0.1, 0.15) is 5.50 Å². The van der Waals surface area contributed by atoms with Crippen LogP contribution >= 0.6 is 23.1 Å². The van der Waals surface area contributed by atoms with Gasteiger partial charge in [-0.15, -0.1) is 23.1 Å². The van der Waals surface area contributed by atoms with Gasteiger partial charge in [0.2, 0.25) is 0 Å². The number of anilines is 1. The topological polar surface area (TPSA) is 36.1 Å². The van der Waals surface area contributed by atoms with E-state index in [1.165, 1.54) is 100 Å². The summed E-state index contributed by atoms with van der Waals surface area (Å²) < 4.78 is 0. The third-order valence-corrected chi connectivity index (χ3v) is 8.16. The summed E-state index contributed by atoms with van der Waals surface area (Å²) in [6.45, 7) is 3.42. The summed E-state index contributed by atoms with van der Waals surface area (Å²) in [4.78, 5) is 1.64. The first-order valence-corrected chi connectivity index (χ1v) is 13.9. The zero-order chi connectivity index (χ0) is 19.6. The fourth-order valence-corrected chi connectivity index (χ4v) is 6.48. The maximum atomic E-state index is 3.85. The van der Waals surface area contributed by atoms with Crippen molar-refractivity contribution in [2.24, 2.45) is 0 Å². The average molecular weight is 424 g/mol. The minimum absolute atomic E-state index is 0.317. The van der Waals surface area contributed by atoms with Crippen LogP contribution in [0.3, 0.4) is 0 Å². The van der Waals surface area contributed by atoms with Crippen LogP contribution in [0.4, 0.5) is 5.00 Å². The lowest BCUT2D eigenvalue weighted by Crippen LogP contribution is -2.46. The molecule has 2 aliphatic rings. The second-order valence-electron chi connectivity index (χ2n) is 8.45. The van der Waals surface area contributed by atoms with E-state index in [-0.39, 0.29) is 0 Å². The zero-order valence-corrected chi connectivity index (χ0v) is 19.7. The van der Waals surface area contributed by atoms with E-state index in [4.69, 9.17) is 0 Å². The predicted molar refractivity (Wildman–Crippen MR) is 128 cm³/mol. The lowest BCUT2D eigenvalue weighted by molar-refractivity contribution is 0.417. The zero-order valence-electron chi connectivity index (χ0n) is 18.1. The molecular formula is C23H41N3S2. The van der Waals surface area contributed by atoms with E-state index in [0.717, 1.165) is 6.54 Å². The van der Waals surface area contributed by atoms with Crippen LogP contribution in [0.15, 0.2) is 0 Å². The van der Waals surface area contributed by atoms with Gasteiger partial charge in [0.05, 0.1) is 11.2 Å². The van der Waals surface area contributed by atoms with Crippen LogP contribution in [-0.2, 0) is 12.8 Å². The molecule has 1 aliphatic carbocycles. The Bertz CT molecular complexity index is 572. The van der Waals surface area contributed by atoms with E-state index >= 15 is 0 Å². The summed E-state index contributed by atoms with van der Waals surface area (Å²) >= 11 is 3.88. The molecule has 5 heteroatoms. The predicted octanol–water partition coefficient (Wildman–Crippen LogP) is 6.80. The van der Waals surface area contributed by atoms with Crippen LogP contribution in [0.5, 0.6) is 0 Å². The number of thioether (sulfide) groups is 1. The Morgan fingerprint density at radius 2 is 1.64 bits per heavy atom. The molecule has 3 nitrogen and oxygen atoms in total. The van der Waals surface area contributed by atoms with Crippen molar-refractivity contribution in [1.82, 2.24) is 10.6 Å². The van der Waals surface area contributed by atoms with Crippen molar-refractivity contribution >= 4 is 28.1 Å². The van der Waals surface area contributed by atoms with Crippen molar-refractivity contribution < 1.29 is 0 Å². The molecule has 2 heterocycles. The van der Waals surface area contributed by atoms with Crippen molar-refractivity contribution in [1.29, 1.82) is 0 Å². The van der Waals surface area contributed by atoms with Gasteiger partial charge in [0.15, 0.2) is 0 Å². The highest BCUT2D eigenvalue weighted by Crippen LogP contribution is 2.43. The molecule has 0 bridgehead atoms. The number of hydrogen-bond acceptors (Lipinski definition) is 5. The Labute approximate surface area is 181 Å². The molecule has 2 unspecified atom stereocenters. The number of thiophene rings is 1. The van der Waals surface area contributed by atoms with Gasteiger partial charge >= 0.3 is 0 Å². The first-order chi connectivity index (χ1) is 13.8. The van der Waals surface area contributed by atoms with Crippen molar-refractivity contribution in [3.8, 4) is 0 Å². The molecule has 1 aromatic rings. The number of hydrogen-bond donors (Lipinski definition) is 3. The van der Waals surface area contributed by atoms with Gasteiger partial charge in [-0.3, -0.25) is 10.6 Å². The van der Waals surface area contributed by atoms with Crippen molar-refractivity contribution in [3.63, 3.8) is 0 Å². The van der Waals surface area contributed by atoms with Gasteiger partial charge < -0.3 is 5.32 Å². The van der Waals surface area contributed by atoms with Gasteiger partial charge in [-0.1, -0.05) is 64.7 Å². The smallest absolute Gasteiger partial charge is 0.127 e. The number of rotatable bonds is 13.